The Morgan fingerprint density at radius 3 is 2.76 bits per heavy atom. The first-order valence-electron chi connectivity index (χ1n) is 8.11. The van der Waals surface area contributed by atoms with Crippen LogP contribution in [-0.4, -0.2) is 9.38 Å². The number of hydrogen-bond acceptors (Lipinski definition) is 2. The summed E-state index contributed by atoms with van der Waals surface area (Å²) in [7, 11) is 0. The van der Waals surface area contributed by atoms with E-state index in [2.05, 4.69) is 11.1 Å². The maximum absolute atomic E-state index is 13.2. The lowest BCUT2D eigenvalue weighted by Gasteiger charge is -2.10. The monoisotopic (exact) mass is 332 g/mol. The Hall–Kier alpha value is -3.14. The zero-order valence-electron chi connectivity index (χ0n) is 13.8. The van der Waals surface area contributed by atoms with Gasteiger partial charge in [0.05, 0.1) is 5.69 Å². The molecule has 0 spiro atoms. The van der Waals surface area contributed by atoms with Gasteiger partial charge in [-0.05, 0) is 60.5 Å². The van der Waals surface area contributed by atoms with Gasteiger partial charge in [-0.15, -0.1) is 0 Å². The summed E-state index contributed by atoms with van der Waals surface area (Å²) in [4.78, 5) is 4.64. The Morgan fingerprint density at radius 2 is 1.96 bits per heavy atom. The number of imidazole rings is 1. The van der Waals surface area contributed by atoms with Crippen molar-refractivity contribution in [2.75, 3.05) is 0 Å². The van der Waals surface area contributed by atoms with E-state index in [9.17, 15) is 4.39 Å². The van der Waals surface area contributed by atoms with E-state index in [0.717, 1.165) is 33.8 Å². The normalized spacial score (nSPS) is 11.0. The molecule has 3 nitrogen and oxygen atoms in total. The number of aryl methyl sites for hydroxylation is 1. The van der Waals surface area contributed by atoms with Crippen molar-refractivity contribution in [2.45, 2.75) is 13.5 Å². The van der Waals surface area contributed by atoms with Gasteiger partial charge in [0.1, 0.15) is 23.8 Å². The van der Waals surface area contributed by atoms with E-state index < -0.39 is 0 Å². The van der Waals surface area contributed by atoms with Crippen LogP contribution in [-0.2, 0) is 6.61 Å². The molecule has 4 aromatic rings. The molecule has 0 N–H and O–H groups in total. The summed E-state index contributed by atoms with van der Waals surface area (Å²) in [5, 5.41) is 0. The lowest BCUT2D eigenvalue weighted by atomic mass is 10.1. The van der Waals surface area contributed by atoms with Crippen LogP contribution in [0, 0.1) is 12.7 Å². The van der Waals surface area contributed by atoms with Crippen LogP contribution in [0.5, 0.6) is 5.75 Å². The van der Waals surface area contributed by atoms with Crippen LogP contribution in [0.15, 0.2) is 73.1 Å². The summed E-state index contributed by atoms with van der Waals surface area (Å²) < 4.78 is 21.1. The molecule has 4 heteroatoms. The maximum atomic E-state index is 13.2. The smallest absolute Gasteiger partial charge is 0.137 e. The molecule has 2 aromatic heterocycles. The molecule has 0 amide bonds. The average molecular weight is 332 g/mol. The number of halogens is 1. The molecule has 0 aliphatic rings. The Morgan fingerprint density at radius 1 is 1.04 bits per heavy atom. The van der Waals surface area contributed by atoms with E-state index in [-0.39, 0.29) is 5.82 Å². The van der Waals surface area contributed by atoms with Gasteiger partial charge in [0.15, 0.2) is 0 Å². The third kappa shape index (κ3) is 3.24. The van der Waals surface area contributed by atoms with E-state index in [1.165, 1.54) is 12.1 Å². The van der Waals surface area contributed by atoms with E-state index in [1.54, 1.807) is 6.07 Å². The fourth-order valence-corrected chi connectivity index (χ4v) is 2.83. The minimum Gasteiger partial charge on any atom is -0.489 e. The molecular formula is C21H17FN2O. The van der Waals surface area contributed by atoms with Crippen molar-refractivity contribution in [1.82, 2.24) is 9.38 Å². The third-order valence-electron chi connectivity index (χ3n) is 4.12. The van der Waals surface area contributed by atoms with Gasteiger partial charge in [-0.25, -0.2) is 9.37 Å². The predicted octanol–water partition coefficient (Wildman–Crippen LogP) is 5.03. The second-order valence-corrected chi connectivity index (χ2v) is 5.99. The first-order valence-corrected chi connectivity index (χ1v) is 8.11. The van der Waals surface area contributed by atoms with Crippen molar-refractivity contribution in [2.24, 2.45) is 0 Å². The number of nitrogens with zero attached hydrogens (tertiary/aromatic N) is 2. The lowest BCUT2D eigenvalue weighted by molar-refractivity contribution is 0.303. The molecule has 2 heterocycles. The fourth-order valence-electron chi connectivity index (χ4n) is 2.83. The summed E-state index contributed by atoms with van der Waals surface area (Å²) >= 11 is 0. The summed E-state index contributed by atoms with van der Waals surface area (Å²) in [5.74, 6) is 0.539. The molecule has 25 heavy (non-hydrogen) atoms. The van der Waals surface area contributed by atoms with Crippen LogP contribution in [0.3, 0.4) is 0 Å². The number of benzene rings is 2. The molecule has 0 saturated carbocycles. The molecule has 0 unspecified atom stereocenters. The summed E-state index contributed by atoms with van der Waals surface area (Å²) in [6, 6.07) is 18.4. The largest absolute Gasteiger partial charge is 0.489 e. The first kappa shape index (κ1) is 15.4. The highest BCUT2D eigenvalue weighted by molar-refractivity contribution is 5.64. The van der Waals surface area contributed by atoms with Crippen LogP contribution in [0.2, 0.25) is 0 Å². The number of pyridine rings is 1. The molecule has 2 aromatic carbocycles. The van der Waals surface area contributed by atoms with Crippen molar-refractivity contribution in [3.63, 3.8) is 0 Å². The highest BCUT2D eigenvalue weighted by Gasteiger charge is 2.07. The first-order chi connectivity index (χ1) is 12.2. The fraction of sp³-hybridized carbons (Fsp3) is 0.0952. The quantitative estimate of drug-likeness (QED) is 0.524. The Bertz CT molecular complexity index is 1010. The van der Waals surface area contributed by atoms with Gasteiger partial charge in [-0.1, -0.05) is 18.2 Å². The number of hydrogen-bond donors (Lipinski definition) is 0. The van der Waals surface area contributed by atoms with Crippen molar-refractivity contribution < 1.29 is 9.13 Å². The third-order valence-corrected chi connectivity index (χ3v) is 4.12. The highest BCUT2D eigenvalue weighted by atomic mass is 19.1. The number of rotatable bonds is 4. The van der Waals surface area contributed by atoms with Crippen molar-refractivity contribution in [1.29, 1.82) is 0 Å². The minimum atomic E-state index is -0.250. The van der Waals surface area contributed by atoms with Crippen molar-refractivity contribution >= 4 is 5.65 Å². The predicted molar refractivity (Wildman–Crippen MR) is 96.1 cm³/mol. The molecule has 0 fully saturated rings. The van der Waals surface area contributed by atoms with Crippen LogP contribution < -0.4 is 4.74 Å². The van der Waals surface area contributed by atoms with Crippen LogP contribution in [0.1, 0.15) is 11.1 Å². The second kappa shape index (κ2) is 6.40. The molecule has 4 rings (SSSR count). The van der Waals surface area contributed by atoms with Gasteiger partial charge in [0, 0.05) is 18.0 Å². The van der Waals surface area contributed by atoms with Crippen LogP contribution in [0.25, 0.3) is 16.9 Å². The van der Waals surface area contributed by atoms with Gasteiger partial charge in [0.25, 0.3) is 0 Å². The Labute approximate surface area is 145 Å². The number of ether oxygens (including phenoxy) is 1. The average Bonchev–Trinajstić information content (AvgIpc) is 3.05. The number of aromatic nitrogens is 2. The van der Waals surface area contributed by atoms with E-state index >= 15 is 0 Å². The molecule has 124 valence electrons. The van der Waals surface area contributed by atoms with Gasteiger partial charge in [0.2, 0.25) is 0 Å². The van der Waals surface area contributed by atoms with E-state index in [0.29, 0.717) is 6.61 Å². The van der Waals surface area contributed by atoms with E-state index in [4.69, 9.17) is 4.74 Å². The van der Waals surface area contributed by atoms with Gasteiger partial charge < -0.3 is 9.14 Å². The topological polar surface area (TPSA) is 26.5 Å². The molecule has 0 saturated heterocycles. The number of fused-ring (bicyclic) bond motifs is 1. The van der Waals surface area contributed by atoms with E-state index in [1.807, 2.05) is 60.1 Å². The minimum absolute atomic E-state index is 0.250. The molecule has 0 aliphatic carbocycles. The Kier molecular flexibility index (Phi) is 3.94. The van der Waals surface area contributed by atoms with Gasteiger partial charge in [-0.3, -0.25) is 0 Å². The standard InChI is InChI=1S/C21H17FN2O/c1-15-11-17(19-13-24-10-3-2-7-21(24)23-19)8-9-20(15)25-14-16-5-4-6-18(22)12-16/h2-13H,14H2,1H3. The molecule has 0 radical (unpaired) electrons. The zero-order valence-corrected chi connectivity index (χ0v) is 13.8. The lowest BCUT2D eigenvalue weighted by Crippen LogP contribution is -1.97. The van der Waals surface area contributed by atoms with Gasteiger partial charge in [-0.2, -0.15) is 0 Å². The van der Waals surface area contributed by atoms with Gasteiger partial charge >= 0.3 is 0 Å². The van der Waals surface area contributed by atoms with Crippen LogP contribution >= 0.6 is 0 Å². The Balaban J connectivity index is 1.56. The van der Waals surface area contributed by atoms with Crippen molar-refractivity contribution in [3.05, 3.63) is 90.0 Å². The molecular weight excluding hydrogens is 315 g/mol. The molecule has 0 aliphatic heterocycles. The highest BCUT2D eigenvalue weighted by Crippen LogP contribution is 2.26. The molecule has 0 atom stereocenters. The maximum Gasteiger partial charge on any atom is 0.137 e. The summed E-state index contributed by atoms with van der Waals surface area (Å²) in [5.41, 5.74) is 4.71. The summed E-state index contributed by atoms with van der Waals surface area (Å²) in [6.07, 6.45) is 3.99. The summed E-state index contributed by atoms with van der Waals surface area (Å²) in [6.45, 7) is 2.34. The second-order valence-electron chi connectivity index (χ2n) is 5.99. The SMILES string of the molecule is Cc1cc(-c2cn3ccccc3n2)ccc1OCc1cccc(F)c1. The zero-order chi connectivity index (χ0) is 17.2. The van der Waals surface area contributed by atoms with Crippen LogP contribution in [0.4, 0.5) is 4.39 Å². The molecule has 0 bridgehead atoms. The van der Waals surface area contributed by atoms with Crippen molar-refractivity contribution in [3.8, 4) is 17.0 Å².